The highest BCUT2D eigenvalue weighted by molar-refractivity contribution is 6.32. The van der Waals surface area contributed by atoms with E-state index in [0.29, 0.717) is 35.8 Å². The fraction of sp³-hybridized carbons (Fsp3) is 0.357. The molecule has 2 aromatic carbocycles. The number of carboxylic acids is 1. The number of halogens is 5. The first kappa shape index (κ1) is 27.7. The van der Waals surface area contributed by atoms with Crippen LogP contribution in [0, 0.1) is 34.7 Å². The zero-order valence-corrected chi connectivity index (χ0v) is 21.3. The van der Waals surface area contributed by atoms with Gasteiger partial charge in [0.05, 0.1) is 35.2 Å². The molecule has 0 aliphatic carbocycles. The molecule has 1 N–H and O–H groups in total. The molecule has 4 rings (SSSR count). The molecule has 1 saturated heterocycles. The summed E-state index contributed by atoms with van der Waals surface area (Å²) in [6.07, 6.45) is 0.445. The summed E-state index contributed by atoms with van der Waals surface area (Å²) in [5.41, 5.74) is -0.701. The molecular weight excluding hydrogens is 524 g/mol. The maximum atomic E-state index is 15.6. The molecule has 2 heterocycles. The van der Waals surface area contributed by atoms with E-state index < -0.39 is 35.0 Å². The second-order valence-corrected chi connectivity index (χ2v) is 9.73. The molecular formula is C28H25ClF4N2O3. The Bertz CT molecular complexity index is 1410. The van der Waals surface area contributed by atoms with Gasteiger partial charge in [-0.2, -0.15) is 0 Å². The van der Waals surface area contributed by atoms with Crippen molar-refractivity contribution in [2.45, 2.75) is 31.9 Å². The molecule has 1 aliphatic heterocycles. The molecule has 0 spiro atoms. The lowest BCUT2D eigenvalue weighted by Gasteiger charge is -2.38. The number of carbonyl (C=O) groups is 1. The third kappa shape index (κ3) is 5.87. The van der Waals surface area contributed by atoms with Crippen LogP contribution in [0.5, 0.6) is 5.75 Å². The van der Waals surface area contributed by atoms with Gasteiger partial charge >= 0.3 is 5.97 Å². The Morgan fingerprint density at radius 3 is 2.66 bits per heavy atom. The number of rotatable bonds is 7. The first-order valence-electron chi connectivity index (χ1n) is 12.0. The molecule has 1 aromatic heterocycles. The van der Waals surface area contributed by atoms with Gasteiger partial charge in [0.25, 0.3) is 0 Å². The SMILES string of the molecule is COc1ccc2ncc(Cl)c([C@H](F)CCC3(C(=O)O)CCN(CC#Cc4cc(F)cc(F)c4F)CC3)c2c1. The van der Waals surface area contributed by atoms with E-state index in [1.165, 1.54) is 13.3 Å². The number of nitrogens with zero attached hydrogens (tertiary/aromatic N) is 2. The average molecular weight is 549 g/mol. The number of carboxylic acid groups (broad SMARTS) is 1. The van der Waals surface area contributed by atoms with Gasteiger partial charge in [-0.1, -0.05) is 23.4 Å². The molecule has 1 aliphatic rings. The topological polar surface area (TPSA) is 62.7 Å². The van der Waals surface area contributed by atoms with Gasteiger partial charge in [0.2, 0.25) is 0 Å². The van der Waals surface area contributed by atoms with Crippen LogP contribution in [0.3, 0.4) is 0 Å². The number of likely N-dealkylation sites (tertiary alicyclic amines) is 1. The summed E-state index contributed by atoms with van der Waals surface area (Å²) in [6.45, 7) is 0.904. The maximum absolute atomic E-state index is 15.6. The van der Waals surface area contributed by atoms with E-state index in [-0.39, 0.29) is 48.4 Å². The van der Waals surface area contributed by atoms with Crippen molar-refractivity contribution in [2.24, 2.45) is 5.41 Å². The quantitative estimate of drug-likeness (QED) is 0.213. The predicted octanol–water partition coefficient (Wildman–Crippen LogP) is 6.32. The van der Waals surface area contributed by atoms with Gasteiger partial charge in [-0.05, 0) is 49.9 Å². The molecule has 5 nitrogen and oxygen atoms in total. The van der Waals surface area contributed by atoms with E-state index in [0.717, 1.165) is 6.07 Å². The molecule has 3 aromatic rings. The zero-order chi connectivity index (χ0) is 27.4. The molecule has 0 unspecified atom stereocenters. The van der Waals surface area contributed by atoms with Crippen LogP contribution in [0.4, 0.5) is 17.6 Å². The van der Waals surface area contributed by atoms with Gasteiger partial charge in [-0.25, -0.2) is 17.6 Å². The number of hydrogen-bond donors (Lipinski definition) is 1. The Morgan fingerprint density at radius 1 is 1.24 bits per heavy atom. The third-order valence-corrected chi connectivity index (χ3v) is 7.34. The van der Waals surface area contributed by atoms with E-state index in [2.05, 4.69) is 16.8 Å². The van der Waals surface area contributed by atoms with Gasteiger partial charge in [-0.15, -0.1) is 0 Å². The Morgan fingerprint density at radius 2 is 1.97 bits per heavy atom. The lowest BCUT2D eigenvalue weighted by atomic mass is 9.74. The molecule has 0 amide bonds. The van der Waals surface area contributed by atoms with Crippen LogP contribution >= 0.6 is 11.6 Å². The number of fused-ring (bicyclic) bond motifs is 1. The zero-order valence-electron chi connectivity index (χ0n) is 20.5. The van der Waals surface area contributed by atoms with Crippen LogP contribution in [-0.2, 0) is 4.79 Å². The number of alkyl halides is 1. The highest BCUT2D eigenvalue weighted by Gasteiger charge is 2.41. The minimum absolute atomic E-state index is 0.0490. The summed E-state index contributed by atoms with van der Waals surface area (Å²) in [5.74, 6) is 1.19. The molecule has 1 fully saturated rings. The van der Waals surface area contributed by atoms with Gasteiger partial charge in [0.1, 0.15) is 17.7 Å². The number of aromatic nitrogens is 1. The second-order valence-electron chi connectivity index (χ2n) is 9.32. The van der Waals surface area contributed by atoms with Crippen LogP contribution in [0.25, 0.3) is 10.9 Å². The Kier molecular flexibility index (Phi) is 8.44. The monoisotopic (exact) mass is 548 g/mol. The number of benzene rings is 2. The Labute approximate surface area is 222 Å². The molecule has 0 bridgehead atoms. The molecule has 200 valence electrons. The second kappa shape index (κ2) is 11.6. The fourth-order valence-corrected chi connectivity index (χ4v) is 5.03. The van der Waals surface area contributed by atoms with E-state index >= 15 is 4.39 Å². The lowest BCUT2D eigenvalue weighted by Crippen LogP contribution is -2.44. The van der Waals surface area contributed by atoms with Crippen molar-refractivity contribution in [3.63, 3.8) is 0 Å². The van der Waals surface area contributed by atoms with Gasteiger partial charge in [-0.3, -0.25) is 14.7 Å². The van der Waals surface area contributed by atoms with Crippen LogP contribution in [0.15, 0.2) is 36.5 Å². The van der Waals surface area contributed by atoms with Crippen LogP contribution < -0.4 is 4.74 Å². The fourth-order valence-electron chi connectivity index (χ4n) is 4.76. The predicted molar refractivity (Wildman–Crippen MR) is 135 cm³/mol. The summed E-state index contributed by atoms with van der Waals surface area (Å²) in [6, 6.07) is 6.34. The number of ether oxygens (including phenoxy) is 1. The standard InChI is InChI=1S/C28H25ClF4N2O3/c1-38-19-4-5-24-20(15-19)25(21(29)16-34-24)22(31)6-7-28(27(36)37)8-11-35(12-9-28)10-2-3-17-13-18(30)14-23(32)26(17)33/h4-5,13-16,22H,6-12H2,1H3,(H,36,37)/t22-/m1/s1. The largest absolute Gasteiger partial charge is 0.497 e. The number of aliphatic carboxylic acids is 1. The van der Waals surface area contributed by atoms with Crippen molar-refractivity contribution in [1.82, 2.24) is 9.88 Å². The minimum atomic E-state index is -1.51. The van der Waals surface area contributed by atoms with Crippen LogP contribution in [-0.4, -0.2) is 47.7 Å². The number of hydrogen-bond acceptors (Lipinski definition) is 4. The Hall–Kier alpha value is -3.35. The number of piperidine rings is 1. The van der Waals surface area contributed by atoms with E-state index in [9.17, 15) is 23.1 Å². The number of methoxy groups -OCH3 is 1. The molecule has 38 heavy (non-hydrogen) atoms. The first-order chi connectivity index (χ1) is 18.1. The summed E-state index contributed by atoms with van der Waals surface area (Å²) in [7, 11) is 1.50. The van der Waals surface area contributed by atoms with Crippen molar-refractivity contribution in [3.05, 3.63) is 70.1 Å². The number of pyridine rings is 1. The smallest absolute Gasteiger partial charge is 0.309 e. The Balaban J connectivity index is 1.42. The van der Waals surface area contributed by atoms with Crippen molar-refractivity contribution in [1.29, 1.82) is 0 Å². The molecule has 0 radical (unpaired) electrons. The molecule has 0 saturated carbocycles. The van der Waals surface area contributed by atoms with Gasteiger partial charge in [0.15, 0.2) is 11.6 Å². The lowest BCUT2D eigenvalue weighted by molar-refractivity contribution is -0.152. The third-order valence-electron chi connectivity index (χ3n) is 7.04. The van der Waals surface area contributed by atoms with Crippen molar-refractivity contribution >= 4 is 28.5 Å². The average Bonchev–Trinajstić information content (AvgIpc) is 2.90. The summed E-state index contributed by atoms with van der Waals surface area (Å²) >= 11 is 6.31. The van der Waals surface area contributed by atoms with Gasteiger partial charge < -0.3 is 9.84 Å². The molecule has 10 heteroatoms. The van der Waals surface area contributed by atoms with Crippen molar-refractivity contribution in [3.8, 4) is 17.6 Å². The normalized spacial score (nSPS) is 16.1. The van der Waals surface area contributed by atoms with E-state index in [1.54, 1.807) is 18.2 Å². The highest BCUT2D eigenvalue weighted by atomic mass is 35.5. The summed E-state index contributed by atoms with van der Waals surface area (Å²) in [5, 5.41) is 10.7. The maximum Gasteiger partial charge on any atom is 0.309 e. The van der Waals surface area contributed by atoms with Crippen LogP contribution in [0.2, 0.25) is 5.02 Å². The van der Waals surface area contributed by atoms with E-state index in [1.807, 2.05) is 4.90 Å². The summed E-state index contributed by atoms with van der Waals surface area (Å²) in [4.78, 5) is 18.4. The van der Waals surface area contributed by atoms with Crippen molar-refractivity contribution in [2.75, 3.05) is 26.7 Å². The van der Waals surface area contributed by atoms with E-state index in [4.69, 9.17) is 16.3 Å². The minimum Gasteiger partial charge on any atom is -0.497 e. The van der Waals surface area contributed by atoms with Crippen LogP contribution in [0.1, 0.15) is 43.0 Å². The van der Waals surface area contributed by atoms with Gasteiger partial charge in [0, 0.05) is 36.3 Å². The first-order valence-corrected chi connectivity index (χ1v) is 12.4. The highest BCUT2D eigenvalue weighted by Crippen LogP contribution is 2.42. The molecule has 1 atom stereocenters. The summed E-state index contributed by atoms with van der Waals surface area (Å²) < 4.78 is 61.3. The van der Waals surface area contributed by atoms with Crippen molar-refractivity contribution < 1.29 is 32.2 Å².